The molecule has 0 aliphatic rings. The maximum atomic E-state index is 10.9. The van der Waals surface area contributed by atoms with Crippen LogP contribution in [0.3, 0.4) is 0 Å². The van der Waals surface area contributed by atoms with Gasteiger partial charge in [-0.05, 0) is 25.1 Å². The average molecular weight is 240 g/mol. The second-order valence-electron chi connectivity index (χ2n) is 3.34. The van der Waals surface area contributed by atoms with Gasteiger partial charge in [-0.1, -0.05) is 6.92 Å². The molecule has 0 aromatic carbocycles. The standard InChI is InChI=1S/C11H16N2O2S/c1-2-5-13-10(11(14)15)8-16-9-3-6-12-7-4-9/h3-4,6-7,10,13H,2,5,8H2,1H3,(H,14,15). The molecule has 0 radical (unpaired) electrons. The SMILES string of the molecule is CCCNC(CSc1ccncc1)C(=O)O. The number of carboxylic acid groups (broad SMARTS) is 1. The van der Waals surface area contributed by atoms with E-state index in [4.69, 9.17) is 5.11 Å². The van der Waals surface area contributed by atoms with Gasteiger partial charge in [-0.3, -0.25) is 9.78 Å². The molecule has 1 unspecified atom stereocenters. The molecule has 1 heterocycles. The lowest BCUT2D eigenvalue weighted by Gasteiger charge is -2.13. The fourth-order valence-corrected chi connectivity index (χ4v) is 2.08. The Hall–Kier alpha value is -1.07. The molecule has 4 nitrogen and oxygen atoms in total. The minimum atomic E-state index is -0.796. The summed E-state index contributed by atoms with van der Waals surface area (Å²) in [6, 6.07) is 3.27. The van der Waals surface area contributed by atoms with Crippen molar-refractivity contribution in [2.75, 3.05) is 12.3 Å². The van der Waals surface area contributed by atoms with E-state index in [1.807, 2.05) is 19.1 Å². The monoisotopic (exact) mass is 240 g/mol. The summed E-state index contributed by atoms with van der Waals surface area (Å²) in [4.78, 5) is 15.9. The molecule has 0 saturated carbocycles. The topological polar surface area (TPSA) is 62.2 Å². The quantitative estimate of drug-likeness (QED) is 0.709. The molecule has 5 heteroatoms. The van der Waals surface area contributed by atoms with Crippen molar-refractivity contribution in [1.82, 2.24) is 10.3 Å². The Morgan fingerprint density at radius 2 is 2.25 bits per heavy atom. The molecule has 0 saturated heterocycles. The molecule has 0 aliphatic heterocycles. The number of hydrogen-bond acceptors (Lipinski definition) is 4. The van der Waals surface area contributed by atoms with Crippen molar-refractivity contribution in [3.63, 3.8) is 0 Å². The lowest BCUT2D eigenvalue weighted by Crippen LogP contribution is -2.39. The summed E-state index contributed by atoms with van der Waals surface area (Å²) in [5.74, 6) is -0.269. The van der Waals surface area contributed by atoms with Crippen LogP contribution in [0, 0.1) is 0 Å². The van der Waals surface area contributed by atoms with Crippen LogP contribution >= 0.6 is 11.8 Å². The zero-order chi connectivity index (χ0) is 11.8. The molecule has 2 N–H and O–H groups in total. The van der Waals surface area contributed by atoms with Crippen LogP contribution < -0.4 is 5.32 Å². The highest BCUT2D eigenvalue weighted by atomic mass is 32.2. The molecule has 16 heavy (non-hydrogen) atoms. The van der Waals surface area contributed by atoms with E-state index in [0.29, 0.717) is 5.75 Å². The largest absolute Gasteiger partial charge is 0.480 e. The second-order valence-corrected chi connectivity index (χ2v) is 4.43. The summed E-state index contributed by atoms with van der Waals surface area (Å²) < 4.78 is 0. The molecule has 1 atom stereocenters. The molecular formula is C11H16N2O2S. The highest BCUT2D eigenvalue weighted by molar-refractivity contribution is 7.99. The lowest BCUT2D eigenvalue weighted by molar-refractivity contribution is -0.138. The zero-order valence-corrected chi connectivity index (χ0v) is 10.0. The van der Waals surface area contributed by atoms with Gasteiger partial charge >= 0.3 is 5.97 Å². The van der Waals surface area contributed by atoms with Gasteiger partial charge in [-0.2, -0.15) is 0 Å². The summed E-state index contributed by atoms with van der Waals surface area (Å²) in [6.07, 6.45) is 4.35. The first-order chi connectivity index (χ1) is 7.74. The first-order valence-electron chi connectivity index (χ1n) is 5.23. The highest BCUT2D eigenvalue weighted by Crippen LogP contribution is 2.17. The minimum Gasteiger partial charge on any atom is -0.480 e. The van der Waals surface area contributed by atoms with E-state index in [-0.39, 0.29) is 0 Å². The Kier molecular flexibility index (Phi) is 5.88. The third-order valence-electron chi connectivity index (χ3n) is 2.01. The van der Waals surface area contributed by atoms with E-state index in [9.17, 15) is 4.79 Å². The number of nitrogens with zero attached hydrogens (tertiary/aromatic N) is 1. The third kappa shape index (κ3) is 4.63. The van der Waals surface area contributed by atoms with Crippen molar-refractivity contribution >= 4 is 17.7 Å². The van der Waals surface area contributed by atoms with Crippen LogP contribution in [0.25, 0.3) is 0 Å². The van der Waals surface area contributed by atoms with E-state index < -0.39 is 12.0 Å². The molecule has 88 valence electrons. The van der Waals surface area contributed by atoms with Crippen molar-refractivity contribution in [2.24, 2.45) is 0 Å². The van der Waals surface area contributed by atoms with Crippen LogP contribution in [-0.2, 0) is 4.79 Å². The lowest BCUT2D eigenvalue weighted by atomic mass is 10.3. The smallest absolute Gasteiger partial charge is 0.321 e. The Balaban J connectivity index is 2.41. The summed E-state index contributed by atoms with van der Waals surface area (Å²) >= 11 is 1.52. The Morgan fingerprint density at radius 1 is 1.56 bits per heavy atom. The number of carbonyl (C=O) groups is 1. The van der Waals surface area contributed by atoms with Crippen molar-refractivity contribution in [2.45, 2.75) is 24.3 Å². The number of pyridine rings is 1. The summed E-state index contributed by atoms with van der Waals surface area (Å²) in [7, 11) is 0. The molecule has 1 aromatic heterocycles. The first-order valence-corrected chi connectivity index (χ1v) is 6.21. The molecular weight excluding hydrogens is 224 g/mol. The first kappa shape index (κ1) is 13.0. The van der Waals surface area contributed by atoms with Crippen LogP contribution in [0.15, 0.2) is 29.4 Å². The summed E-state index contributed by atoms with van der Waals surface area (Å²) in [6.45, 7) is 2.75. The number of thioether (sulfide) groups is 1. The van der Waals surface area contributed by atoms with Gasteiger partial charge in [0.25, 0.3) is 0 Å². The van der Waals surface area contributed by atoms with Gasteiger partial charge in [-0.15, -0.1) is 11.8 Å². The molecule has 0 aliphatic carbocycles. The van der Waals surface area contributed by atoms with E-state index in [1.54, 1.807) is 12.4 Å². The number of carboxylic acids is 1. The Bertz CT molecular complexity index is 319. The van der Waals surface area contributed by atoms with Gasteiger partial charge in [0.05, 0.1) is 0 Å². The number of hydrogen-bond donors (Lipinski definition) is 2. The van der Waals surface area contributed by atoms with Gasteiger partial charge < -0.3 is 10.4 Å². The fourth-order valence-electron chi connectivity index (χ4n) is 1.15. The molecule has 1 aromatic rings. The Morgan fingerprint density at radius 3 is 2.81 bits per heavy atom. The van der Waals surface area contributed by atoms with Crippen LogP contribution in [-0.4, -0.2) is 34.4 Å². The summed E-state index contributed by atoms with van der Waals surface area (Å²) in [5, 5.41) is 12.0. The van der Waals surface area contributed by atoms with Crippen LogP contribution in [0.5, 0.6) is 0 Å². The second kappa shape index (κ2) is 7.24. The van der Waals surface area contributed by atoms with Crippen LogP contribution in [0.4, 0.5) is 0 Å². The van der Waals surface area contributed by atoms with Crippen molar-refractivity contribution < 1.29 is 9.90 Å². The zero-order valence-electron chi connectivity index (χ0n) is 9.22. The molecule has 0 amide bonds. The molecule has 0 spiro atoms. The van der Waals surface area contributed by atoms with E-state index in [1.165, 1.54) is 11.8 Å². The van der Waals surface area contributed by atoms with Gasteiger partial charge in [0.2, 0.25) is 0 Å². The summed E-state index contributed by atoms with van der Waals surface area (Å²) in [5.41, 5.74) is 0. The van der Waals surface area contributed by atoms with Gasteiger partial charge in [0, 0.05) is 23.0 Å². The van der Waals surface area contributed by atoms with Gasteiger partial charge in [-0.25, -0.2) is 0 Å². The number of rotatable bonds is 7. The van der Waals surface area contributed by atoms with Gasteiger partial charge in [0.15, 0.2) is 0 Å². The maximum absolute atomic E-state index is 10.9. The van der Waals surface area contributed by atoms with Crippen molar-refractivity contribution in [3.8, 4) is 0 Å². The van der Waals surface area contributed by atoms with Crippen molar-refractivity contribution in [1.29, 1.82) is 0 Å². The van der Waals surface area contributed by atoms with Crippen LogP contribution in [0.2, 0.25) is 0 Å². The van der Waals surface area contributed by atoms with E-state index in [2.05, 4.69) is 10.3 Å². The predicted molar refractivity (Wildman–Crippen MR) is 64.7 cm³/mol. The Labute approximate surface area is 99.5 Å². The van der Waals surface area contributed by atoms with Crippen LogP contribution in [0.1, 0.15) is 13.3 Å². The number of aromatic nitrogens is 1. The normalized spacial score (nSPS) is 12.3. The average Bonchev–Trinajstić information content (AvgIpc) is 2.30. The maximum Gasteiger partial charge on any atom is 0.321 e. The number of aliphatic carboxylic acids is 1. The molecule has 0 fully saturated rings. The highest BCUT2D eigenvalue weighted by Gasteiger charge is 2.16. The minimum absolute atomic E-state index is 0.488. The van der Waals surface area contributed by atoms with Crippen molar-refractivity contribution in [3.05, 3.63) is 24.5 Å². The molecule has 1 rings (SSSR count). The number of nitrogens with one attached hydrogen (secondary N) is 1. The molecule has 0 bridgehead atoms. The van der Waals surface area contributed by atoms with E-state index in [0.717, 1.165) is 17.9 Å². The predicted octanol–water partition coefficient (Wildman–Crippen LogP) is 1.63. The van der Waals surface area contributed by atoms with Gasteiger partial charge in [0.1, 0.15) is 6.04 Å². The fraction of sp³-hybridized carbons (Fsp3) is 0.455. The third-order valence-corrected chi connectivity index (χ3v) is 3.11. The van der Waals surface area contributed by atoms with E-state index >= 15 is 0 Å².